The number of nitrogens with one attached hydrogen (secondary N) is 1. The Morgan fingerprint density at radius 3 is 2.26 bits per heavy atom. The zero-order valence-electron chi connectivity index (χ0n) is 13.5. The number of halogens is 3. The van der Waals surface area contributed by atoms with Gasteiger partial charge in [0.2, 0.25) is 0 Å². The predicted octanol–water partition coefficient (Wildman–Crippen LogP) is 4.26. The van der Waals surface area contributed by atoms with Gasteiger partial charge in [0.15, 0.2) is 5.60 Å². The Kier molecular flexibility index (Phi) is 4.63. The highest BCUT2D eigenvalue weighted by Crippen LogP contribution is 2.50. The zero-order chi connectivity index (χ0) is 17.3. The van der Waals surface area contributed by atoms with Gasteiger partial charge in [0.25, 0.3) is 0 Å². The van der Waals surface area contributed by atoms with Gasteiger partial charge in [-0.3, -0.25) is 0 Å². The van der Waals surface area contributed by atoms with Crippen LogP contribution in [0.4, 0.5) is 18.9 Å². The van der Waals surface area contributed by atoms with Crippen molar-refractivity contribution in [2.24, 2.45) is 5.92 Å². The van der Waals surface area contributed by atoms with E-state index in [0.29, 0.717) is 6.54 Å². The number of nitrogens with zero attached hydrogens (tertiary/aromatic N) is 1. The van der Waals surface area contributed by atoms with Gasteiger partial charge in [0.05, 0.1) is 11.5 Å². The van der Waals surface area contributed by atoms with E-state index in [0.717, 1.165) is 18.4 Å². The van der Waals surface area contributed by atoms with E-state index in [1.807, 2.05) is 38.1 Å². The molecular weight excluding hydrogens is 305 g/mol. The number of ether oxygens (including phenoxy) is 1. The van der Waals surface area contributed by atoms with Crippen molar-refractivity contribution < 1.29 is 17.9 Å². The normalized spacial score (nSPS) is 24.7. The van der Waals surface area contributed by atoms with Crippen LogP contribution in [-0.2, 0) is 10.2 Å². The van der Waals surface area contributed by atoms with E-state index in [4.69, 9.17) is 10.00 Å². The van der Waals surface area contributed by atoms with Crippen LogP contribution in [0.15, 0.2) is 24.3 Å². The van der Waals surface area contributed by atoms with Gasteiger partial charge >= 0.3 is 6.18 Å². The first-order valence-corrected chi connectivity index (χ1v) is 7.51. The topological polar surface area (TPSA) is 45.0 Å². The molecule has 0 bridgehead atoms. The van der Waals surface area contributed by atoms with Gasteiger partial charge in [0, 0.05) is 19.3 Å². The molecule has 2 rings (SSSR count). The van der Waals surface area contributed by atoms with Crippen molar-refractivity contribution in [1.82, 2.24) is 0 Å². The fourth-order valence-corrected chi connectivity index (χ4v) is 2.86. The van der Waals surface area contributed by atoms with Crippen LogP contribution in [0, 0.1) is 17.2 Å². The van der Waals surface area contributed by atoms with Crippen molar-refractivity contribution in [3.05, 3.63) is 29.8 Å². The van der Waals surface area contributed by atoms with E-state index in [1.165, 1.54) is 0 Å². The highest BCUT2D eigenvalue weighted by Gasteiger charge is 2.62. The third-order valence-corrected chi connectivity index (χ3v) is 4.63. The first-order valence-electron chi connectivity index (χ1n) is 7.51. The van der Waals surface area contributed by atoms with E-state index >= 15 is 0 Å². The van der Waals surface area contributed by atoms with Gasteiger partial charge in [0.1, 0.15) is 0 Å². The molecule has 0 heterocycles. The molecule has 23 heavy (non-hydrogen) atoms. The summed E-state index contributed by atoms with van der Waals surface area (Å²) >= 11 is 0. The summed E-state index contributed by atoms with van der Waals surface area (Å²) < 4.78 is 43.4. The van der Waals surface area contributed by atoms with E-state index in [2.05, 4.69) is 11.4 Å². The molecule has 0 atom stereocenters. The highest BCUT2D eigenvalue weighted by molar-refractivity contribution is 5.47. The van der Waals surface area contributed by atoms with Crippen LogP contribution in [0.1, 0.15) is 32.3 Å². The maximum atomic E-state index is 12.9. The monoisotopic (exact) mass is 326 g/mol. The first-order chi connectivity index (χ1) is 10.6. The molecule has 3 nitrogen and oxygen atoms in total. The van der Waals surface area contributed by atoms with Crippen molar-refractivity contribution in [1.29, 1.82) is 5.26 Å². The molecule has 0 saturated heterocycles. The second-order valence-electron chi connectivity index (χ2n) is 6.67. The Bertz CT molecular complexity index is 581. The average Bonchev–Trinajstić information content (AvgIpc) is 2.45. The predicted molar refractivity (Wildman–Crippen MR) is 82.1 cm³/mol. The Morgan fingerprint density at radius 2 is 1.83 bits per heavy atom. The summed E-state index contributed by atoms with van der Waals surface area (Å²) in [6.45, 7) is 4.15. The second-order valence-corrected chi connectivity index (χ2v) is 6.67. The maximum absolute atomic E-state index is 12.9. The van der Waals surface area contributed by atoms with E-state index in [1.54, 1.807) is 0 Å². The van der Waals surface area contributed by atoms with E-state index < -0.39 is 17.2 Å². The lowest BCUT2D eigenvalue weighted by Crippen LogP contribution is -2.57. The van der Waals surface area contributed by atoms with Crippen molar-refractivity contribution in [2.45, 2.75) is 43.9 Å². The molecule has 0 radical (unpaired) electrons. The van der Waals surface area contributed by atoms with Crippen molar-refractivity contribution >= 4 is 5.69 Å². The quantitative estimate of drug-likeness (QED) is 0.879. The summed E-state index contributed by atoms with van der Waals surface area (Å²) in [6.07, 6.45) is -4.35. The minimum atomic E-state index is -4.32. The number of benzene rings is 1. The molecule has 0 unspecified atom stereocenters. The SMILES string of the molecule is COC1(C(F)(F)F)CC(CNc2ccc(C(C)(C)C#N)cc2)C1. The number of rotatable bonds is 5. The van der Waals surface area contributed by atoms with Gasteiger partial charge in [-0.2, -0.15) is 18.4 Å². The van der Waals surface area contributed by atoms with Crippen molar-refractivity contribution in [3.8, 4) is 6.07 Å². The third kappa shape index (κ3) is 3.45. The molecule has 0 aromatic heterocycles. The van der Waals surface area contributed by atoms with Gasteiger partial charge in [-0.15, -0.1) is 0 Å². The highest BCUT2D eigenvalue weighted by atomic mass is 19.4. The minimum Gasteiger partial charge on any atom is -0.385 e. The first kappa shape index (κ1) is 17.6. The lowest BCUT2D eigenvalue weighted by Gasteiger charge is -2.47. The third-order valence-electron chi connectivity index (χ3n) is 4.63. The Labute approximate surface area is 134 Å². The molecule has 1 N–H and O–H groups in total. The summed E-state index contributed by atoms with van der Waals surface area (Å²) in [5.41, 5.74) is -0.786. The number of alkyl halides is 3. The molecule has 1 aliphatic rings. The lowest BCUT2D eigenvalue weighted by atomic mass is 9.70. The maximum Gasteiger partial charge on any atom is 0.417 e. The summed E-state index contributed by atoms with van der Waals surface area (Å²) in [5, 5.41) is 12.3. The fourth-order valence-electron chi connectivity index (χ4n) is 2.86. The molecule has 1 saturated carbocycles. The van der Waals surface area contributed by atoms with Gasteiger partial charge < -0.3 is 10.1 Å². The molecular formula is C17H21F3N2O. The average molecular weight is 326 g/mol. The lowest BCUT2D eigenvalue weighted by molar-refractivity contribution is -0.307. The van der Waals surface area contributed by atoms with Gasteiger partial charge in [-0.05, 0) is 50.3 Å². The molecule has 0 amide bonds. The van der Waals surface area contributed by atoms with E-state index in [-0.39, 0.29) is 18.8 Å². The minimum absolute atomic E-state index is 0.0143. The van der Waals surface area contributed by atoms with Gasteiger partial charge in [-0.25, -0.2) is 0 Å². The van der Waals surface area contributed by atoms with Gasteiger partial charge in [-0.1, -0.05) is 12.1 Å². The number of anilines is 1. The molecule has 0 spiro atoms. The number of nitriles is 1. The second kappa shape index (κ2) is 6.04. The summed E-state index contributed by atoms with van der Waals surface area (Å²) in [5.74, 6) is -0.0631. The molecule has 1 aliphatic carbocycles. The molecule has 6 heteroatoms. The van der Waals surface area contributed by atoms with Crippen molar-refractivity contribution in [2.75, 3.05) is 19.0 Å². The van der Waals surface area contributed by atoms with Crippen LogP contribution < -0.4 is 5.32 Å². The molecule has 1 aromatic rings. The summed E-state index contributed by atoms with van der Waals surface area (Å²) in [6, 6.07) is 9.65. The Morgan fingerprint density at radius 1 is 1.26 bits per heavy atom. The zero-order valence-corrected chi connectivity index (χ0v) is 13.5. The van der Waals surface area contributed by atoms with Crippen LogP contribution in [0.25, 0.3) is 0 Å². The summed E-state index contributed by atoms with van der Waals surface area (Å²) in [4.78, 5) is 0. The molecule has 1 fully saturated rings. The van der Waals surface area contributed by atoms with E-state index in [9.17, 15) is 13.2 Å². The largest absolute Gasteiger partial charge is 0.417 e. The Balaban J connectivity index is 1.88. The van der Waals surface area contributed by atoms with Crippen LogP contribution in [-0.4, -0.2) is 25.4 Å². The molecule has 0 aliphatic heterocycles. The van der Waals surface area contributed by atoms with Crippen LogP contribution >= 0.6 is 0 Å². The fraction of sp³-hybridized carbons (Fsp3) is 0.588. The number of hydrogen-bond donors (Lipinski definition) is 1. The molecule has 1 aromatic carbocycles. The Hall–Kier alpha value is -1.74. The van der Waals surface area contributed by atoms with Crippen LogP contribution in [0.2, 0.25) is 0 Å². The number of hydrogen-bond acceptors (Lipinski definition) is 3. The smallest absolute Gasteiger partial charge is 0.385 e. The van der Waals surface area contributed by atoms with Crippen LogP contribution in [0.5, 0.6) is 0 Å². The standard InChI is InChI=1S/C17H21F3N2O/c1-15(2,11-21)13-4-6-14(7-5-13)22-10-12-8-16(9-12,23-3)17(18,19)20/h4-7,12,22H,8-10H2,1-3H3. The summed E-state index contributed by atoms with van der Waals surface area (Å²) in [7, 11) is 1.12. The van der Waals surface area contributed by atoms with Crippen molar-refractivity contribution in [3.63, 3.8) is 0 Å². The molecule has 126 valence electrons. The number of methoxy groups -OCH3 is 1. The van der Waals surface area contributed by atoms with Crippen LogP contribution in [0.3, 0.4) is 0 Å².